The number of methoxy groups -OCH3 is 1. The predicted octanol–water partition coefficient (Wildman–Crippen LogP) is 1.95. The number of ether oxygens (including phenoxy) is 2. The summed E-state index contributed by atoms with van der Waals surface area (Å²) in [5.74, 6) is -5.76. The molecule has 0 bridgehead atoms. The standard InChI is InChI=1S/C20H24FNO6/c1-19(2,3)28-12(23)9-22-18(26)13-16(24)10-7-8-11(27-6)15(21)14(10)20(4,5)17(13)25/h7-8,13H,9H2,1-6H3,(H,22,26). The summed E-state index contributed by atoms with van der Waals surface area (Å²) >= 11 is 0. The minimum atomic E-state index is -1.67. The van der Waals surface area contributed by atoms with E-state index in [1.54, 1.807) is 20.8 Å². The first-order chi connectivity index (χ1) is 12.8. The molecule has 0 saturated carbocycles. The SMILES string of the molecule is COc1ccc2c(c1F)C(C)(C)C(=O)C(C(=O)NCC(=O)OC(C)(C)C)C2=O. The molecule has 0 aliphatic heterocycles. The van der Waals surface area contributed by atoms with E-state index in [-0.39, 0.29) is 16.9 Å². The minimum Gasteiger partial charge on any atom is -0.494 e. The Morgan fingerprint density at radius 3 is 2.36 bits per heavy atom. The highest BCUT2D eigenvalue weighted by molar-refractivity contribution is 6.29. The van der Waals surface area contributed by atoms with Crippen molar-refractivity contribution in [2.75, 3.05) is 13.7 Å². The number of rotatable bonds is 4. The van der Waals surface area contributed by atoms with Crippen LogP contribution in [0.15, 0.2) is 12.1 Å². The topological polar surface area (TPSA) is 98.8 Å². The monoisotopic (exact) mass is 393 g/mol. The molecule has 0 spiro atoms. The maximum Gasteiger partial charge on any atom is 0.325 e. The Bertz CT molecular complexity index is 853. The fourth-order valence-corrected chi connectivity index (χ4v) is 3.17. The molecule has 2 rings (SSSR count). The Hall–Kier alpha value is -2.77. The molecule has 1 aromatic rings. The Morgan fingerprint density at radius 2 is 1.82 bits per heavy atom. The molecule has 0 aromatic heterocycles. The maximum absolute atomic E-state index is 14.7. The third-order valence-electron chi connectivity index (χ3n) is 4.45. The van der Waals surface area contributed by atoms with Gasteiger partial charge in [0.2, 0.25) is 5.91 Å². The summed E-state index contributed by atoms with van der Waals surface area (Å²) in [6.07, 6.45) is 0. The van der Waals surface area contributed by atoms with Gasteiger partial charge in [0, 0.05) is 11.1 Å². The number of carbonyl (C=O) groups excluding carboxylic acids is 4. The predicted molar refractivity (Wildman–Crippen MR) is 97.7 cm³/mol. The molecule has 7 nitrogen and oxygen atoms in total. The number of fused-ring (bicyclic) bond motifs is 1. The molecule has 1 atom stereocenters. The van der Waals surface area contributed by atoms with Crippen molar-refractivity contribution in [2.45, 2.75) is 45.6 Å². The number of hydrogen-bond donors (Lipinski definition) is 1. The van der Waals surface area contributed by atoms with Crippen molar-refractivity contribution in [3.8, 4) is 5.75 Å². The van der Waals surface area contributed by atoms with E-state index in [9.17, 15) is 23.6 Å². The van der Waals surface area contributed by atoms with Gasteiger partial charge in [0.15, 0.2) is 29.1 Å². The molecular weight excluding hydrogens is 369 g/mol. The van der Waals surface area contributed by atoms with Gasteiger partial charge in [-0.05, 0) is 46.8 Å². The van der Waals surface area contributed by atoms with Gasteiger partial charge in [0.25, 0.3) is 0 Å². The van der Waals surface area contributed by atoms with Crippen LogP contribution in [0, 0.1) is 11.7 Å². The third-order valence-corrected chi connectivity index (χ3v) is 4.45. The summed E-state index contributed by atoms with van der Waals surface area (Å²) in [4.78, 5) is 50.0. The van der Waals surface area contributed by atoms with E-state index in [2.05, 4.69) is 5.32 Å². The van der Waals surface area contributed by atoms with E-state index >= 15 is 0 Å². The average Bonchev–Trinajstić information content (AvgIpc) is 2.56. The van der Waals surface area contributed by atoms with Crippen molar-refractivity contribution < 1.29 is 33.0 Å². The molecule has 1 aromatic carbocycles. The number of nitrogens with one attached hydrogen (secondary N) is 1. The zero-order chi connectivity index (χ0) is 21.4. The van der Waals surface area contributed by atoms with Crippen molar-refractivity contribution in [1.82, 2.24) is 5.32 Å². The van der Waals surface area contributed by atoms with Crippen LogP contribution in [-0.4, -0.2) is 42.7 Å². The first-order valence-corrected chi connectivity index (χ1v) is 8.76. The van der Waals surface area contributed by atoms with Crippen LogP contribution in [0.2, 0.25) is 0 Å². The second-order valence-corrected chi connectivity index (χ2v) is 8.10. The number of halogens is 1. The summed E-state index contributed by atoms with van der Waals surface area (Å²) in [6, 6.07) is 2.61. The van der Waals surface area contributed by atoms with E-state index in [0.29, 0.717) is 0 Å². The zero-order valence-corrected chi connectivity index (χ0v) is 16.8. The number of Topliss-reactive ketones (excluding diaryl/α,β-unsaturated/α-hetero) is 2. The Balaban J connectivity index is 2.32. The van der Waals surface area contributed by atoms with Crippen LogP contribution >= 0.6 is 0 Å². The van der Waals surface area contributed by atoms with Crippen molar-refractivity contribution in [3.05, 3.63) is 29.1 Å². The van der Waals surface area contributed by atoms with Gasteiger partial charge in [0.05, 0.1) is 12.5 Å². The van der Waals surface area contributed by atoms with Crippen LogP contribution < -0.4 is 10.1 Å². The number of hydrogen-bond acceptors (Lipinski definition) is 6. The lowest BCUT2D eigenvalue weighted by atomic mass is 9.66. The van der Waals surface area contributed by atoms with Gasteiger partial charge in [-0.1, -0.05) is 0 Å². The van der Waals surface area contributed by atoms with E-state index < -0.39 is 52.7 Å². The summed E-state index contributed by atoms with van der Waals surface area (Å²) in [7, 11) is 1.27. The number of carbonyl (C=O) groups is 4. The fourth-order valence-electron chi connectivity index (χ4n) is 3.17. The van der Waals surface area contributed by atoms with E-state index in [4.69, 9.17) is 9.47 Å². The van der Waals surface area contributed by atoms with Crippen LogP contribution in [0.4, 0.5) is 4.39 Å². The molecule has 28 heavy (non-hydrogen) atoms. The number of ketones is 2. The van der Waals surface area contributed by atoms with Crippen molar-refractivity contribution in [2.24, 2.45) is 5.92 Å². The highest BCUT2D eigenvalue weighted by Crippen LogP contribution is 2.41. The highest BCUT2D eigenvalue weighted by atomic mass is 19.1. The highest BCUT2D eigenvalue weighted by Gasteiger charge is 2.51. The lowest BCUT2D eigenvalue weighted by Crippen LogP contribution is -2.52. The van der Waals surface area contributed by atoms with E-state index in [1.807, 2.05) is 0 Å². The van der Waals surface area contributed by atoms with Gasteiger partial charge in [-0.25, -0.2) is 4.39 Å². The molecule has 1 amide bonds. The molecular formula is C20H24FNO6. The number of esters is 1. The van der Waals surface area contributed by atoms with Crippen LogP contribution in [-0.2, 0) is 24.5 Å². The largest absolute Gasteiger partial charge is 0.494 e. The van der Waals surface area contributed by atoms with Gasteiger partial charge in [0.1, 0.15) is 12.1 Å². The first-order valence-electron chi connectivity index (χ1n) is 8.76. The molecule has 1 N–H and O–H groups in total. The fraction of sp³-hybridized carbons (Fsp3) is 0.500. The van der Waals surface area contributed by atoms with E-state index in [1.165, 1.54) is 33.1 Å². The first kappa shape index (κ1) is 21.5. The molecule has 0 fully saturated rings. The van der Waals surface area contributed by atoms with Crippen molar-refractivity contribution >= 4 is 23.4 Å². The molecule has 1 unspecified atom stereocenters. The Morgan fingerprint density at radius 1 is 1.21 bits per heavy atom. The normalized spacial score (nSPS) is 18.3. The second-order valence-electron chi connectivity index (χ2n) is 8.10. The maximum atomic E-state index is 14.7. The minimum absolute atomic E-state index is 0.0553. The van der Waals surface area contributed by atoms with Crippen LogP contribution in [0.5, 0.6) is 5.75 Å². The number of benzene rings is 1. The molecule has 0 radical (unpaired) electrons. The average molecular weight is 393 g/mol. The van der Waals surface area contributed by atoms with Gasteiger partial charge in [-0.15, -0.1) is 0 Å². The van der Waals surface area contributed by atoms with Crippen LogP contribution in [0.1, 0.15) is 50.5 Å². The zero-order valence-electron chi connectivity index (χ0n) is 16.8. The van der Waals surface area contributed by atoms with Crippen LogP contribution in [0.3, 0.4) is 0 Å². The molecule has 1 aliphatic carbocycles. The van der Waals surface area contributed by atoms with Crippen molar-refractivity contribution in [3.63, 3.8) is 0 Å². The van der Waals surface area contributed by atoms with Gasteiger partial charge < -0.3 is 14.8 Å². The lowest BCUT2D eigenvalue weighted by Gasteiger charge is -2.34. The Kier molecular flexibility index (Phi) is 5.64. The van der Waals surface area contributed by atoms with Gasteiger partial charge >= 0.3 is 5.97 Å². The summed E-state index contributed by atoms with van der Waals surface area (Å²) in [5.41, 5.74) is -2.33. The van der Waals surface area contributed by atoms with Gasteiger partial charge in [-0.2, -0.15) is 0 Å². The van der Waals surface area contributed by atoms with Crippen LogP contribution in [0.25, 0.3) is 0 Å². The summed E-state index contributed by atoms with van der Waals surface area (Å²) < 4.78 is 24.8. The molecule has 8 heteroatoms. The lowest BCUT2D eigenvalue weighted by molar-refractivity contribution is -0.155. The third kappa shape index (κ3) is 3.90. The molecule has 0 heterocycles. The number of amides is 1. The molecule has 1 aliphatic rings. The van der Waals surface area contributed by atoms with E-state index in [0.717, 1.165) is 0 Å². The molecule has 0 saturated heterocycles. The van der Waals surface area contributed by atoms with Gasteiger partial charge in [-0.3, -0.25) is 19.2 Å². The second kappa shape index (κ2) is 7.33. The smallest absolute Gasteiger partial charge is 0.325 e. The van der Waals surface area contributed by atoms with Crippen molar-refractivity contribution in [1.29, 1.82) is 0 Å². The Labute approximate surface area is 162 Å². The summed E-state index contributed by atoms with van der Waals surface area (Å²) in [5, 5.41) is 2.27. The quantitative estimate of drug-likeness (QED) is 0.620. The summed E-state index contributed by atoms with van der Waals surface area (Å²) in [6.45, 7) is 7.40. The molecule has 152 valence electrons.